The fraction of sp³-hybridized carbons (Fsp3) is 0.933. The molecule has 1 aliphatic rings. The van der Waals surface area contributed by atoms with Gasteiger partial charge in [0, 0.05) is 19.8 Å². The van der Waals surface area contributed by atoms with Crippen LogP contribution in [0.1, 0.15) is 53.9 Å². The van der Waals surface area contributed by atoms with E-state index in [4.69, 9.17) is 4.74 Å². The summed E-state index contributed by atoms with van der Waals surface area (Å²) < 4.78 is 5.49. The van der Waals surface area contributed by atoms with Crippen LogP contribution >= 0.6 is 0 Å². The first-order chi connectivity index (χ1) is 8.96. The summed E-state index contributed by atoms with van der Waals surface area (Å²) in [7, 11) is 0. The zero-order valence-corrected chi connectivity index (χ0v) is 13.2. The lowest BCUT2D eigenvalue weighted by atomic mass is 9.99. The van der Waals surface area contributed by atoms with Gasteiger partial charge in [0.05, 0.1) is 11.7 Å². The summed E-state index contributed by atoms with van der Waals surface area (Å²) in [6, 6.07) is 0. The zero-order valence-electron chi connectivity index (χ0n) is 13.2. The second kappa shape index (κ2) is 7.25. The van der Waals surface area contributed by atoms with Crippen LogP contribution in [0.4, 0.5) is 0 Å². The maximum absolute atomic E-state index is 12.5. The molecule has 0 spiro atoms. The van der Waals surface area contributed by atoms with Gasteiger partial charge in [-0.05, 0) is 32.1 Å². The monoisotopic (exact) mass is 270 g/mol. The maximum atomic E-state index is 12.5. The highest BCUT2D eigenvalue weighted by Crippen LogP contribution is 2.27. The predicted octanol–water partition coefficient (Wildman–Crippen LogP) is 2.39. The minimum absolute atomic E-state index is 0.156. The van der Waals surface area contributed by atoms with Crippen molar-refractivity contribution in [3.05, 3.63) is 0 Å². The highest BCUT2D eigenvalue weighted by atomic mass is 16.5. The number of ether oxygens (including phenoxy) is 1. The molecule has 0 saturated carbocycles. The molecule has 0 bridgehead atoms. The summed E-state index contributed by atoms with van der Waals surface area (Å²) in [6.45, 7) is 12.8. The molecule has 1 heterocycles. The van der Waals surface area contributed by atoms with Crippen LogP contribution in [0.15, 0.2) is 0 Å². The van der Waals surface area contributed by atoms with E-state index in [1.165, 1.54) is 0 Å². The highest BCUT2D eigenvalue weighted by Gasteiger charge is 2.47. The van der Waals surface area contributed by atoms with E-state index in [-0.39, 0.29) is 17.6 Å². The largest absolute Gasteiger partial charge is 0.381 e. The molecule has 19 heavy (non-hydrogen) atoms. The minimum Gasteiger partial charge on any atom is -0.381 e. The average Bonchev–Trinajstić information content (AvgIpc) is 2.64. The summed E-state index contributed by atoms with van der Waals surface area (Å²) in [5.74, 6) is 0.665. The SMILES string of the molecule is CCCOCCCN1C(=O)C(C)(CC)NC1C(C)C. The van der Waals surface area contributed by atoms with Gasteiger partial charge < -0.3 is 9.64 Å². The van der Waals surface area contributed by atoms with Gasteiger partial charge in [0.15, 0.2) is 0 Å². The van der Waals surface area contributed by atoms with E-state index in [0.29, 0.717) is 5.92 Å². The van der Waals surface area contributed by atoms with E-state index in [2.05, 4.69) is 33.0 Å². The van der Waals surface area contributed by atoms with Crippen LogP contribution in [0.2, 0.25) is 0 Å². The molecular formula is C15H30N2O2. The average molecular weight is 270 g/mol. The van der Waals surface area contributed by atoms with Crippen LogP contribution in [-0.2, 0) is 9.53 Å². The fourth-order valence-corrected chi connectivity index (χ4v) is 2.51. The van der Waals surface area contributed by atoms with E-state index in [9.17, 15) is 4.79 Å². The van der Waals surface area contributed by atoms with Crippen LogP contribution in [0.25, 0.3) is 0 Å². The van der Waals surface area contributed by atoms with Crippen molar-refractivity contribution in [2.24, 2.45) is 5.92 Å². The first-order valence-corrected chi connectivity index (χ1v) is 7.62. The van der Waals surface area contributed by atoms with Crippen LogP contribution in [0.5, 0.6) is 0 Å². The van der Waals surface area contributed by atoms with E-state index in [1.807, 2.05) is 11.8 Å². The summed E-state index contributed by atoms with van der Waals surface area (Å²) >= 11 is 0. The van der Waals surface area contributed by atoms with E-state index in [1.54, 1.807) is 0 Å². The third-order valence-electron chi connectivity index (χ3n) is 3.91. The minimum atomic E-state index is -0.390. The summed E-state index contributed by atoms with van der Waals surface area (Å²) in [5.41, 5.74) is -0.390. The second-order valence-electron chi connectivity index (χ2n) is 5.98. The third-order valence-corrected chi connectivity index (χ3v) is 3.91. The standard InChI is InChI=1S/C15H30N2O2/c1-6-10-19-11-8-9-17-13(12(3)4)16-15(5,7-2)14(17)18/h12-13,16H,6-11H2,1-5H3. The number of hydrogen-bond acceptors (Lipinski definition) is 3. The molecule has 0 aromatic heterocycles. The van der Waals surface area contributed by atoms with Gasteiger partial charge in [0.2, 0.25) is 5.91 Å². The Morgan fingerprint density at radius 3 is 2.58 bits per heavy atom. The predicted molar refractivity (Wildman–Crippen MR) is 77.9 cm³/mol. The smallest absolute Gasteiger partial charge is 0.243 e. The first kappa shape index (κ1) is 16.4. The Balaban J connectivity index is 2.55. The highest BCUT2D eigenvalue weighted by molar-refractivity contribution is 5.88. The molecule has 1 N–H and O–H groups in total. The first-order valence-electron chi connectivity index (χ1n) is 7.62. The lowest BCUT2D eigenvalue weighted by molar-refractivity contribution is -0.133. The van der Waals surface area contributed by atoms with Gasteiger partial charge in [0.1, 0.15) is 0 Å². The zero-order chi connectivity index (χ0) is 14.5. The lowest BCUT2D eigenvalue weighted by Crippen LogP contribution is -2.45. The molecule has 1 amide bonds. The van der Waals surface area contributed by atoms with Crippen LogP contribution in [0.3, 0.4) is 0 Å². The second-order valence-corrected chi connectivity index (χ2v) is 5.98. The van der Waals surface area contributed by atoms with Gasteiger partial charge in [-0.25, -0.2) is 0 Å². The molecule has 1 aliphatic heterocycles. The molecule has 2 unspecified atom stereocenters. The Labute approximate surface area is 117 Å². The van der Waals surface area contributed by atoms with Crippen LogP contribution < -0.4 is 5.32 Å². The molecule has 0 aliphatic carbocycles. The fourth-order valence-electron chi connectivity index (χ4n) is 2.51. The van der Waals surface area contributed by atoms with Gasteiger partial charge in [-0.3, -0.25) is 10.1 Å². The van der Waals surface area contributed by atoms with Gasteiger partial charge in [-0.1, -0.05) is 27.7 Å². The van der Waals surface area contributed by atoms with Crippen molar-refractivity contribution < 1.29 is 9.53 Å². The topological polar surface area (TPSA) is 41.6 Å². The molecule has 112 valence electrons. The van der Waals surface area contributed by atoms with Gasteiger partial charge in [-0.2, -0.15) is 0 Å². The Kier molecular flexibility index (Phi) is 6.27. The Bertz CT molecular complexity index is 294. The molecule has 2 atom stereocenters. The summed E-state index contributed by atoms with van der Waals surface area (Å²) in [6.07, 6.45) is 2.95. The van der Waals surface area contributed by atoms with Gasteiger partial charge >= 0.3 is 0 Å². The molecular weight excluding hydrogens is 240 g/mol. The molecule has 4 nitrogen and oxygen atoms in total. The maximum Gasteiger partial charge on any atom is 0.243 e. The van der Waals surface area contributed by atoms with E-state index < -0.39 is 0 Å². The normalized spacial score (nSPS) is 27.6. The number of carbonyl (C=O) groups excluding carboxylic acids is 1. The molecule has 1 fully saturated rings. The van der Waals surface area contributed by atoms with Crippen molar-refractivity contribution in [3.8, 4) is 0 Å². The van der Waals surface area contributed by atoms with Crippen LogP contribution in [0, 0.1) is 5.92 Å². The molecule has 0 radical (unpaired) electrons. The van der Waals surface area contributed by atoms with Crippen molar-refractivity contribution in [1.82, 2.24) is 10.2 Å². The molecule has 4 heteroatoms. The number of amides is 1. The van der Waals surface area contributed by atoms with Crippen molar-refractivity contribution in [3.63, 3.8) is 0 Å². The van der Waals surface area contributed by atoms with Gasteiger partial charge in [0.25, 0.3) is 0 Å². The Morgan fingerprint density at radius 1 is 1.37 bits per heavy atom. The number of rotatable bonds is 8. The number of nitrogens with one attached hydrogen (secondary N) is 1. The van der Waals surface area contributed by atoms with Crippen molar-refractivity contribution in [2.45, 2.75) is 65.6 Å². The van der Waals surface area contributed by atoms with E-state index >= 15 is 0 Å². The summed E-state index contributed by atoms with van der Waals surface area (Å²) in [5, 5.41) is 3.50. The molecule has 0 aromatic carbocycles. The Morgan fingerprint density at radius 2 is 2.05 bits per heavy atom. The molecule has 1 rings (SSSR count). The van der Waals surface area contributed by atoms with E-state index in [0.717, 1.165) is 39.0 Å². The van der Waals surface area contributed by atoms with Crippen molar-refractivity contribution in [1.29, 1.82) is 0 Å². The molecule has 0 aromatic rings. The van der Waals surface area contributed by atoms with Gasteiger partial charge in [-0.15, -0.1) is 0 Å². The van der Waals surface area contributed by atoms with Crippen molar-refractivity contribution in [2.75, 3.05) is 19.8 Å². The van der Waals surface area contributed by atoms with Crippen molar-refractivity contribution >= 4 is 5.91 Å². The number of hydrogen-bond donors (Lipinski definition) is 1. The third kappa shape index (κ3) is 3.93. The Hall–Kier alpha value is -0.610. The summed E-state index contributed by atoms with van der Waals surface area (Å²) in [4.78, 5) is 14.5. The lowest BCUT2D eigenvalue weighted by Gasteiger charge is -2.27. The number of nitrogens with zero attached hydrogens (tertiary/aromatic N) is 1. The quantitative estimate of drug-likeness (QED) is 0.689. The number of carbonyl (C=O) groups is 1. The van der Waals surface area contributed by atoms with Crippen LogP contribution in [-0.4, -0.2) is 42.3 Å². The molecule has 1 saturated heterocycles.